The molecular weight excluding hydrogens is 314 g/mol. The summed E-state index contributed by atoms with van der Waals surface area (Å²) in [5, 5.41) is 8.62. The van der Waals surface area contributed by atoms with E-state index >= 15 is 0 Å². The minimum Gasteiger partial charge on any atom is -0.347 e. The summed E-state index contributed by atoms with van der Waals surface area (Å²) in [5.74, 6) is 3.01. The minimum atomic E-state index is -3.22. The second-order valence-electron chi connectivity index (χ2n) is 6.35. The summed E-state index contributed by atoms with van der Waals surface area (Å²) in [6.45, 7) is 7.77. The highest BCUT2D eigenvalue weighted by atomic mass is 32.2. The molecule has 2 aromatic rings. The summed E-state index contributed by atoms with van der Waals surface area (Å²) in [5.41, 5.74) is 0. The predicted octanol–water partition coefficient (Wildman–Crippen LogP) is 1.78. The summed E-state index contributed by atoms with van der Waals surface area (Å²) >= 11 is 0. The molecule has 2 aromatic heterocycles. The molecule has 0 unspecified atom stereocenters. The third-order valence-corrected chi connectivity index (χ3v) is 5.14. The molecule has 1 aliphatic heterocycles. The summed E-state index contributed by atoms with van der Waals surface area (Å²) in [6.07, 6.45) is 2.59. The topological polar surface area (TPSA) is 81.0 Å². The lowest BCUT2D eigenvalue weighted by atomic mass is 10.1. The Hall–Kier alpha value is -1.96. The van der Waals surface area contributed by atoms with Gasteiger partial charge in [0.15, 0.2) is 15.7 Å². The van der Waals surface area contributed by atoms with Crippen LogP contribution in [0.25, 0.3) is 0 Å². The Kier molecular flexibility index (Phi) is 3.87. The summed E-state index contributed by atoms with van der Waals surface area (Å²) in [7, 11) is -3.22. The van der Waals surface area contributed by atoms with E-state index in [0.29, 0.717) is 12.5 Å². The van der Waals surface area contributed by atoms with Crippen molar-refractivity contribution in [1.82, 2.24) is 19.7 Å². The highest BCUT2D eigenvalue weighted by Crippen LogP contribution is 2.27. The van der Waals surface area contributed by atoms with E-state index in [-0.39, 0.29) is 10.9 Å². The maximum absolute atomic E-state index is 11.5. The summed E-state index contributed by atoms with van der Waals surface area (Å²) in [6, 6.07) is 3.59. The fraction of sp³-hybridized carbons (Fsp3) is 0.533. The third-order valence-electron chi connectivity index (χ3n) is 4.04. The van der Waals surface area contributed by atoms with Gasteiger partial charge in [0, 0.05) is 24.9 Å². The summed E-state index contributed by atoms with van der Waals surface area (Å²) < 4.78 is 25.3. The molecule has 7 nitrogen and oxygen atoms in total. The Morgan fingerprint density at radius 1 is 1.26 bits per heavy atom. The average Bonchev–Trinajstić information content (AvgIpc) is 2.91. The largest absolute Gasteiger partial charge is 0.347 e. The van der Waals surface area contributed by atoms with Crippen molar-refractivity contribution in [2.45, 2.75) is 44.2 Å². The van der Waals surface area contributed by atoms with Gasteiger partial charge in [0.25, 0.3) is 0 Å². The van der Waals surface area contributed by atoms with Crippen LogP contribution in [0.4, 0.5) is 5.82 Å². The molecule has 8 heteroatoms. The molecule has 0 saturated heterocycles. The quantitative estimate of drug-likeness (QED) is 0.850. The second kappa shape index (κ2) is 5.59. The van der Waals surface area contributed by atoms with Gasteiger partial charge in [-0.15, -0.1) is 10.2 Å². The van der Waals surface area contributed by atoms with Crippen LogP contribution in [0.2, 0.25) is 0 Å². The van der Waals surface area contributed by atoms with Crippen LogP contribution < -0.4 is 4.90 Å². The first-order valence-corrected chi connectivity index (χ1v) is 9.51. The molecule has 0 saturated carbocycles. The zero-order chi connectivity index (χ0) is 16.8. The molecular formula is C15H21N5O2S. The number of nitrogens with zero attached hydrogens (tertiary/aromatic N) is 5. The molecule has 3 heterocycles. The van der Waals surface area contributed by atoms with E-state index in [4.69, 9.17) is 0 Å². The van der Waals surface area contributed by atoms with E-state index in [1.54, 1.807) is 12.1 Å². The molecule has 0 aromatic carbocycles. The Morgan fingerprint density at radius 3 is 2.57 bits per heavy atom. The van der Waals surface area contributed by atoms with Gasteiger partial charge in [-0.05, 0) is 19.1 Å². The van der Waals surface area contributed by atoms with E-state index in [2.05, 4.69) is 45.4 Å². The monoisotopic (exact) mass is 335 g/mol. The van der Waals surface area contributed by atoms with Crippen molar-refractivity contribution in [3.63, 3.8) is 0 Å². The number of sulfone groups is 1. The van der Waals surface area contributed by atoms with Crippen molar-refractivity contribution in [3.8, 4) is 0 Å². The lowest BCUT2D eigenvalue weighted by molar-refractivity contribution is 0.441. The minimum absolute atomic E-state index is 0.233. The standard InChI is InChI=1S/C15H21N5O2S/c1-10(2)15-18-17-14-9-19(8-11(3)20(14)15)13-6-5-12(7-16-13)23(4,21)22/h5-7,10-11H,8-9H2,1-4H3/t11-/m0/s1. The molecule has 1 aliphatic rings. The van der Waals surface area contributed by atoms with Crippen LogP contribution >= 0.6 is 0 Å². The number of anilines is 1. The number of pyridine rings is 1. The first-order chi connectivity index (χ1) is 10.8. The highest BCUT2D eigenvalue weighted by molar-refractivity contribution is 7.90. The lowest BCUT2D eigenvalue weighted by Gasteiger charge is -2.33. The molecule has 0 N–H and O–H groups in total. The zero-order valence-electron chi connectivity index (χ0n) is 13.8. The van der Waals surface area contributed by atoms with Crippen LogP contribution in [0.3, 0.4) is 0 Å². The zero-order valence-corrected chi connectivity index (χ0v) is 14.6. The van der Waals surface area contributed by atoms with Crippen molar-refractivity contribution in [2.75, 3.05) is 17.7 Å². The average molecular weight is 335 g/mol. The molecule has 1 atom stereocenters. The Balaban J connectivity index is 1.89. The number of rotatable bonds is 3. The molecule has 23 heavy (non-hydrogen) atoms. The van der Waals surface area contributed by atoms with Gasteiger partial charge in [-0.2, -0.15) is 0 Å². The van der Waals surface area contributed by atoms with Crippen LogP contribution in [0, 0.1) is 0 Å². The number of fused-ring (bicyclic) bond motifs is 1. The Bertz CT molecular complexity index is 811. The van der Waals surface area contributed by atoms with E-state index in [1.165, 1.54) is 12.5 Å². The van der Waals surface area contributed by atoms with Crippen molar-refractivity contribution < 1.29 is 8.42 Å². The van der Waals surface area contributed by atoms with Crippen LogP contribution in [-0.2, 0) is 16.4 Å². The van der Waals surface area contributed by atoms with Gasteiger partial charge >= 0.3 is 0 Å². The maximum Gasteiger partial charge on any atom is 0.177 e. The van der Waals surface area contributed by atoms with Crippen LogP contribution in [0.15, 0.2) is 23.2 Å². The maximum atomic E-state index is 11.5. The van der Waals surface area contributed by atoms with E-state index in [9.17, 15) is 8.42 Å². The fourth-order valence-corrected chi connectivity index (χ4v) is 3.47. The van der Waals surface area contributed by atoms with Gasteiger partial charge in [-0.1, -0.05) is 13.8 Å². The van der Waals surface area contributed by atoms with Crippen molar-refractivity contribution in [2.24, 2.45) is 0 Å². The second-order valence-corrected chi connectivity index (χ2v) is 8.37. The highest BCUT2D eigenvalue weighted by Gasteiger charge is 2.28. The van der Waals surface area contributed by atoms with Crippen LogP contribution in [-0.4, -0.2) is 41.0 Å². The van der Waals surface area contributed by atoms with Gasteiger partial charge in [-0.25, -0.2) is 13.4 Å². The van der Waals surface area contributed by atoms with Gasteiger partial charge in [0.2, 0.25) is 0 Å². The fourth-order valence-electron chi connectivity index (χ4n) is 2.91. The normalized spacial score (nSPS) is 18.3. The molecule has 0 fully saturated rings. The van der Waals surface area contributed by atoms with Crippen molar-refractivity contribution >= 4 is 15.7 Å². The smallest absolute Gasteiger partial charge is 0.177 e. The van der Waals surface area contributed by atoms with Crippen molar-refractivity contribution in [1.29, 1.82) is 0 Å². The SMILES string of the molecule is CC(C)c1nnc2n1[C@@H](C)CN(c1ccc(S(C)(=O)=O)cn1)C2. The molecule has 0 radical (unpaired) electrons. The van der Waals surface area contributed by atoms with Crippen LogP contribution in [0.5, 0.6) is 0 Å². The van der Waals surface area contributed by atoms with Crippen molar-refractivity contribution in [3.05, 3.63) is 30.0 Å². The van der Waals surface area contributed by atoms with Gasteiger partial charge in [0.05, 0.1) is 17.5 Å². The summed E-state index contributed by atoms with van der Waals surface area (Å²) in [4.78, 5) is 6.64. The molecule has 3 rings (SSSR count). The van der Waals surface area contributed by atoms with Gasteiger partial charge < -0.3 is 9.47 Å². The van der Waals surface area contributed by atoms with Crippen LogP contribution in [0.1, 0.15) is 44.4 Å². The van der Waals surface area contributed by atoms with Gasteiger partial charge in [0.1, 0.15) is 11.6 Å². The Morgan fingerprint density at radius 2 is 2.00 bits per heavy atom. The van der Waals surface area contributed by atoms with E-state index < -0.39 is 9.84 Å². The lowest BCUT2D eigenvalue weighted by Crippen LogP contribution is -2.37. The van der Waals surface area contributed by atoms with E-state index in [1.807, 2.05) is 0 Å². The molecule has 0 bridgehead atoms. The van der Waals surface area contributed by atoms with E-state index in [0.717, 1.165) is 24.0 Å². The third kappa shape index (κ3) is 2.95. The predicted molar refractivity (Wildman–Crippen MR) is 87.2 cm³/mol. The molecule has 0 spiro atoms. The number of hydrogen-bond donors (Lipinski definition) is 0. The Labute approximate surface area is 136 Å². The molecule has 0 amide bonds. The number of hydrogen-bond acceptors (Lipinski definition) is 6. The first-order valence-electron chi connectivity index (χ1n) is 7.62. The molecule has 124 valence electrons. The van der Waals surface area contributed by atoms with Gasteiger partial charge in [-0.3, -0.25) is 0 Å². The first kappa shape index (κ1) is 15.9. The molecule has 0 aliphatic carbocycles. The number of aromatic nitrogens is 4.